The number of hydrogen-bond acceptors (Lipinski definition) is 2. The number of carbonyl (C=O) groups is 2. The molecule has 4 aliphatic rings. The lowest BCUT2D eigenvalue weighted by molar-refractivity contribution is -0.142. The zero-order chi connectivity index (χ0) is 25.6. The Bertz CT molecular complexity index is 1130. The van der Waals surface area contributed by atoms with Gasteiger partial charge in [0.25, 0.3) is 0 Å². The van der Waals surface area contributed by atoms with Crippen LogP contribution in [0.4, 0.5) is 0 Å². The SMILES string of the molecule is C[C@]12CCC(=O)N[C@@H]1CC[C@@H]1[C@@H]2CC[C@]2(C)[C@@H](C(=O)NC(Cc3ccccc3)c3ccccc3)CC[C@@H]12. The quantitative estimate of drug-likeness (QED) is 0.514. The monoisotopic (exact) mass is 498 g/mol. The molecule has 1 aliphatic heterocycles. The van der Waals surface area contributed by atoms with Gasteiger partial charge in [-0.05, 0) is 91.1 Å². The lowest BCUT2D eigenvalue weighted by Crippen LogP contribution is -2.61. The van der Waals surface area contributed by atoms with E-state index >= 15 is 0 Å². The van der Waals surface area contributed by atoms with E-state index in [-0.39, 0.29) is 34.6 Å². The fourth-order valence-electron chi connectivity index (χ4n) is 9.19. The van der Waals surface area contributed by atoms with Gasteiger partial charge in [-0.1, -0.05) is 74.5 Å². The highest BCUT2D eigenvalue weighted by Crippen LogP contribution is 2.65. The zero-order valence-corrected chi connectivity index (χ0v) is 22.4. The molecule has 2 aromatic carbocycles. The summed E-state index contributed by atoms with van der Waals surface area (Å²) in [6.45, 7) is 4.88. The van der Waals surface area contributed by atoms with Crippen LogP contribution in [0.1, 0.15) is 82.4 Å². The van der Waals surface area contributed by atoms with Gasteiger partial charge >= 0.3 is 0 Å². The van der Waals surface area contributed by atoms with E-state index in [0.29, 0.717) is 30.2 Å². The highest BCUT2D eigenvalue weighted by atomic mass is 16.2. The van der Waals surface area contributed by atoms with Crippen molar-refractivity contribution in [2.45, 2.75) is 83.7 Å². The molecule has 1 unspecified atom stereocenters. The molecule has 1 saturated heterocycles. The predicted molar refractivity (Wildman–Crippen MR) is 147 cm³/mol. The van der Waals surface area contributed by atoms with Crippen molar-refractivity contribution in [2.24, 2.45) is 34.5 Å². The molecule has 6 rings (SSSR count). The van der Waals surface area contributed by atoms with Gasteiger partial charge in [-0.3, -0.25) is 9.59 Å². The maximum atomic E-state index is 14.0. The average molecular weight is 499 g/mol. The fraction of sp³-hybridized carbons (Fsp3) is 0.576. The summed E-state index contributed by atoms with van der Waals surface area (Å²) in [6, 6.07) is 21.3. The molecule has 37 heavy (non-hydrogen) atoms. The van der Waals surface area contributed by atoms with Crippen LogP contribution >= 0.6 is 0 Å². The summed E-state index contributed by atoms with van der Waals surface area (Å²) in [6.07, 6.45) is 9.28. The van der Waals surface area contributed by atoms with Crippen molar-refractivity contribution in [3.05, 3.63) is 71.8 Å². The minimum atomic E-state index is -0.0183. The smallest absolute Gasteiger partial charge is 0.224 e. The summed E-state index contributed by atoms with van der Waals surface area (Å²) in [5.74, 6) is 2.53. The summed E-state index contributed by atoms with van der Waals surface area (Å²) in [5.41, 5.74) is 2.71. The molecule has 2 aromatic rings. The van der Waals surface area contributed by atoms with Gasteiger partial charge in [-0.15, -0.1) is 0 Å². The van der Waals surface area contributed by atoms with Gasteiger partial charge in [0.05, 0.1) is 6.04 Å². The molecule has 4 heteroatoms. The highest BCUT2D eigenvalue weighted by molar-refractivity contribution is 5.80. The molecule has 2 amide bonds. The molecule has 0 spiro atoms. The summed E-state index contributed by atoms with van der Waals surface area (Å²) >= 11 is 0. The second kappa shape index (κ2) is 9.60. The van der Waals surface area contributed by atoms with Gasteiger partial charge in [0.15, 0.2) is 0 Å². The molecule has 3 aliphatic carbocycles. The molecule has 0 bridgehead atoms. The third-order valence-electron chi connectivity index (χ3n) is 11.2. The second-order valence-corrected chi connectivity index (χ2v) is 12.9. The summed E-state index contributed by atoms with van der Waals surface area (Å²) in [4.78, 5) is 26.1. The van der Waals surface area contributed by atoms with Gasteiger partial charge in [0.1, 0.15) is 0 Å². The molecule has 8 atom stereocenters. The number of benzene rings is 2. The van der Waals surface area contributed by atoms with Crippen molar-refractivity contribution >= 4 is 11.8 Å². The van der Waals surface area contributed by atoms with E-state index in [9.17, 15) is 9.59 Å². The molecule has 3 saturated carbocycles. The van der Waals surface area contributed by atoms with Crippen LogP contribution in [0.25, 0.3) is 0 Å². The van der Waals surface area contributed by atoms with Crippen LogP contribution in [-0.2, 0) is 16.0 Å². The molecule has 4 nitrogen and oxygen atoms in total. The maximum Gasteiger partial charge on any atom is 0.224 e. The van der Waals surface area contributed by atoms with Crippen LogP contribution < -0.4 is 10.6 Å². The summed E-state index contributed by atoms with van der Waals surface area (Å²) in [7, 11) is 0. The van der Waals surface area contributed by atoms with Crippen LogP contribution in [0.15, 0.2) is 60.7 Å². The van der Waals surface area contributed by atoms with Crippen LogP contribution in [0.5, 0.6) is 0 Å². The van der Waals surface area contributed by atoms with Crippen LogP contribution in [0.2, 0.25) is 0 Å². The molecule has 196 valence electrons. The fourth-order valence-corrected chi connectivity index (χ4v) is 9.19. The number of fused-ring (bicyclic) bond motifs is 5. The molecule has 1 heterocycles. The van der Waals surface area contributed by atoms with E-state index in [4.69, 9.17) is 0 Å². The second-order valence-electron chi connectivity index (χ2n) is 12.9. The first kappa shape index (κ1) is 24.7. The van der Waals surface area contributed by atoms with Gasteiger partial charge in [-0.25, -0.2) is 0 Å². The Morgan fingerprint density at radius 1 is 0.892 bits per heavy atom. The third-order valence-corrected chi connectivity index (χ3v) is 11.2. The Morgan fingerprint density at radius 3 is 2.35 bits per heavy atom. The van der Waals surface area contributed by atoms with Gasteiger partial charge in [0, 0.05) is 18.4 Å². The first-order valence-electron chi connectivity index (χ1n) is 14.6. The topological polar surface area (TPSA) is 58.2 Å². The normalized spacial score (nSPS) is 37.5. The number of hydrogen-bond donors (Lipinski definition) is 2. The predicted octanol–water partition coefficient (Wildman–Crippen LogP) is 6.22. The Hall–Kier alpha value is -2.62. The van der Waals surface area contributed by atoms with Crippen LogP contribution in [0, 0.1) is 34.5 Å². The van der Waals surface area contributed by atoms with Crippen molar-refractivity contribution < 1.29 is 9.59 Å². The Labute approximate surface area is 222 Å². The largest absolute Gasteiger partial charge is 0.353 e. The van der Waals surface area contributed by atoms with E-state index in [1.807, 2.05) is 12.1 Å². The number of nitrogens with one attached hydrogen (secondary N) is 2. The summed E-state index contributed by atoms with van der Waals surface area (Å²) in [5, 5.41) is 6.87. The molecule has 0 aromatic heterocycles. The molecule has 4 fully saturated rings. The first-order valence-corrected chi connectivity index (χ1v) is 14.6. The van der Waals surface area contributed by atoms with Crippen LogP contribution in [0.3, 0.4) is 0 Å². The Balaban J connectivity index is 1.20. The minimum Gasteiger partial charge on any atom is -0.353 e. The van der Waals surface area contributed by atoms with E-state index in [1.165, 1.54) is 24.0 Å². The van der Waals surface area contributed by atoms with Crippen molar-refractivity contribution in [1.29, 1.82) is 0 Å². The zero-order valence-electron chi connectivity index (χ0n) is 22.4. The number of carbonyl (C=O) groups excluding carboxylic acids is 2. The van der Waals surface area contributed by atoms with E-state index in [2.05, 4.69) is 73.0 Å². The number of piperidine rings is 1. The standard InChI is InChI=1S/C33H42N2O2/c1-32-19-17-26-24(13-16-29-33(26,2)20-18-30(36)35-29)25(32)14-15-27(32)31(37)34-28(23-11-7-4-8-12-23)21-22-9-5-3-6-10-22/h3-12,24-29H,13-21H2,1-2H3,(H,34,37)(H,35,36)/t24-,25-,26-,27+,28?,29+,32-,33+/m0/s1. The van der Waals surface area contributed by atoms with Crippen molar-refractivity contribution in [3.8, 4) is 0 Å². The molecular weight excluding hydrogens is 456 g/mol. The minimum absolute atomic E-state index is 0.0183. The molecule has 2 N–H and O–H groups in total. The lowest BCUT2D eigenvalue weighted by atomic mass is 9.47. The Morgan fingerprint density at radius 2 is 1.59 bits per heavy atom. The number of amides is 2. The van der Waals surface area contributed by atoms with Gasteiger partial charge < -0.3 is 10.6 Å². The van der Waals surface area contributed by atoms with Crippen LogP contribution in [-0.4, -0.2) is 17.9 Å². The lowest BCUT2D eigenvalue weighted by Gasteiger charge is -2.60. The first-order chi connectivity index (χ1) is 17.9. The van der Waals surface area contributed by atoms with Gasteiger partial charge in [-0.2, -0.15) is 0 Å². The summed E-state index contributed by atoms with van der Waals surface area (Å²) < 4.78 is 0. The maximum absolute atomic E-state index is 14.0. The number of rotatable bonds is 5. The van der Waals surface area contributed by atoms with Crippen molar-refractivity contribution in [2.75, 3.05) is 0 Å². The highest BCUT2D eigenvalue weighted by Gasteiger charge is 2.61. The molecular formula is C33H42N2O2. The average Bonchev–Trinajstić information content (AvgIpc) is 3.27. The van der Waals surface area contributed by atoms with E-state index < -0.39 is 0 Å². The van der Waals surface area contributed by atoms with E-state index in [1.54, 1.807) is 0 Å². The van der Waals surface area contributed by atoms with E-state index in [0.717, 1.165) is 38.5 Å². The Kier molecular flexibility index (Phi) is 6.41. The van der Waals surface area contributed by atoms with Gasteiger partial charge in [0.2, 0.25) is 11.8 Å². The van der Waals surface area contributed by atoms with Crippen molar-refractivity contribution in [1.82, 2.24) is 10.6 Å². The third kappa shape index (κ3) is 4.30. The van der Waals surface area contributed by atoms with Crippen molar-refractivity contribution in [3.63, 3.8) is 0 Å². The molecule has 0 radical (unpaired) electrons.